The van der Waals surface area contributed by atoms with Gasteiger partial charge in [0.1, 0.15) is 0 Å². The molecule has 100 valence electrons. The maximum atomic E-state index is 11.5. The van der Waals surface area contributed by atoms with Crippen LogP contribution in [0.1, 0.15) is 19.8 Å². The molecule has 0 heterocycles. The first kappa shape index (κ1) is 14.7. The highest BCUT2D eigenvalue weighted by molar-refractivity contribution is 5.92. The van der Waals surface area contributed by atoms with E-state index in [1.165, 1.54) is 0 Å². The molecule has 0 aliphatic heterocycles. The Labute approximate surface area is 109 Å². The molecule has 18 heavy (non-hydrogen) atoms. The lowest BCUT2D eigenvalue weighted by Crippen LogP contribution is -2.29. The number of anilines is 1. The lowest BCUT2D eigenvalue weighted by atomic mass is 10.3. The second-order valence-corrected chi connectivity index (χ2v) is 4.06. The standard InChI is InChI=1S/C14H22N2O2/c1-2-10-18-11-6-9-15-12-14(17)16-13-7-4-3-5-8-13/h3-5,7-8,15H,2,6,9-12H2,1H3,(H,16,17). The molecule has 0 aliphatic rings. The zero-order valence-electron chi connectivity index (χ0n) is 10.9. The van der Waals surface area contributed by atoms with Gasteiger partial charge >= 0.3 is 0 Å². The normalized spacial score (nSPS) is 10.3. The van der Waals surface area contributed by atoms with Gasteiger partial charge in [0.25, 0.3) is 0 Å². The first-order chi connectivity index (χ1) is 8.83. The van der Waals surface area contributed by atoms with Crippen LogP contribution >= 0.6 is 0 Å². The van der Waals surface area contributed by atoms with E-state index in [-0.39, 0.29) is 5.91 Å². The van der Waals surface area contributed by atoms with Crippen LogP contribution in [0.25, 0.3) is 0 Å². The summed E-state index contributed by atoms with van der Waals surface area (Å²) in [7, 11) is 0. The summed E-state index contributed by atoms with van der Waals surface area (Å²) < 4.78 is 5.34. The van der Waals surface area contributed by atoms with E-state index in [1.807, 2.05) is 30.3 Å². The van der Waals surface area contributed by atoms with Gasteiger partial charge in [-0.1, -0.05) is 25.1 Å². The first-order valence-electron chi connectivity index (χ1n) is 6.46. The molecule has 0 aliphatic carbocycles. The summed E-state index contributed by atoms with van der Waals surface area (Å²) >= 11 is 0. The molecule has 1 aromatic carbocycles. The lowest BCUT2D eigenvalue weighted by Gasteiger charge is -2.06. The van der Waals surface area contributed by atoms with Crippen molar-refractivity contribution in [1.29, 1.82) is 0 Å². The number of carbonyl (C=O) groups is 1. The number of amides is 1. The zero-order valence-corrected chi connectivity index (χ0v) is 10.9. The molecule has 0 spiro atoms. The van der Waals surface area contributed by atoms with Crippen LogP contribution in [0.4, 0.5) is 5.69 Å². The minimum absolute atomic E-state index is 0.0179. The van der Waals surface area contributed by atoms with E-state index >= 15 is 0 Å². The van der Waals surface area contributed by atoms with Crippen molar-refractivity contribution in [2.45, 2.75) is 19.8 Å². The van der Waals surface area contributed by atoms with Gasteiger partial charge in [0.2, 0.25) is 5.91 Å². The molecule has 1 amide bonds. The number of hydrogen-bond donors (Lipinski definition) is 2. The van der Waals surface area contributed by atoms with E-state index in [4.69, 9.17) is 4.74 Å². The van der Waals surface area contributed by atoms with Gasteiger partial charge in [-0.05, 0) is 31.5 Å². The highest BCUT2D eigenvalue weighted by Crippen LogP contribution is 2.03. The minimum Gasteiger partial charge on any atom is -0.381 e. The number of hydrogen-bond acceptors (Lipinski definition) is 3. The largest absolute Gasteiger partial charge is 0.381 e. The molecular formula is C14H22N2O2. The molecule has 4 nitrogen and oxygen atoms in total. The molecule has 0 radical (unpaired) electrons. The Morgan fingerprint density at radius 1 is 1.22 bits per heavy atom. The van der Waals surface area contributed by atoms with E-state index in [9.17, 15) is 4.79 Å². The zero-order chi connectivity index (χ0) is 13.1. The maximum absolute atomic E-state index is 11.5. The third-order valence-corrected chi connectivity index (χ3v) is 2.33. The Morgan fingerprint density at radius 2 is 2.00 bits per heavy atom. The van der Waals surface area contributed by atoms with E-state index in [0.29, 0.717) is 6.54 Å². The monoisotopic (exact) mass is 250 g/mol. The lowest BCUT2D eigenvalue weighted by molar-refractivity contribution is -0.115. The Kier molecular flexibility index (Phi) is 7.84. The van der Waals surface area contributed by atoms with Crippen LogP contribution in [0.5, 0.6) is 0 Å². The summed E-state index contributed by atoms with van der Waals surface area (Å²) in [6, 6.07) is 9.46. The molecule has 2 N–H and O–H groups in total. The smallest absolute Gasteiger partial charge is 0.238 e. The summed E-state index contributed by atoms with van der Waals surface area (Å²) in [5.41, 5.74) is 0.829. The maximum Gasteiger partial charge on any atom is 0.238 e. The average molecular weight is 250 g/mol. The summed E-state index contributed by atoms with van der Waals surface area (Å²) in [6.07, 6.45) is 1.98. The van der Waals surface area contributed by atoms with Crippen LogP contribution in [0.15, 0.2) is 30.3 Å². The number of nitrogens with one attached hydrogen (secondary N) is 2. The fourth-order valence-electron chi connectivity index (χ4n) is 1.47. The van der Waals surface area contributed by atoms with Crippen molar-refractivity contribution < 1.29 is 9.53 Å². The van der Waals surface area contributed by atoms with Crippen molar-refractivity contribution in [2.24, 2.45) is 0 Å². The molecule has 0 aromatic heterocycles. The van der Waals surface area contributed by atoms with Crippen molar-refractivity contribution in [3.05, 3.63) is 30.3 Å². The van der Waals surface area contributed by atoms with Crippen LogP contribution in [0.2, 0.25) is 0 Å². The van der Waals surface area contributed by atoms with Gasteiger partial charge < -0.3 is 15.4 Å². The van der Waals surface area contributed by atoms with Crippen LogP contribution in [0.3, 0.4) is 0 Å². The van der Waals surface area contributed by atoms with Crippen molar-refractivity contribution in [3.8, 4) is 0 Å². The number of para-hydroxylation sites is 1. The molecule has 4 heteroatoms. The summed E-state index contributed by atoms with van der Waals surface area (Å²) in [5, 5.41) is 5.91. The number of benzene rings is 1. The quantitative estimate of drug-likeness (QED) is 0.659. The van der Waals surface area contributed by atoms with Crippen LogP contribution < -0.4 is 10.6 Å². The molecule has 0 saturated heterocycles. The fraction of sp³-hybridized carbons (Fsp3) is 0.500. The van der Waals surface area contributed by atoms with Gasteiger partial charge in [-0.2, -0.15) is 0 Å². The van der Waals surface area contributed by atoms with Gasteiger partial charge in [-0.3, -0.25) is 4.79 Å². The van der Waals surface area contributed by atoms with Gasteiger partial charge in [0, 0.05) is 18.9 Å². The fourth-order valence-corrected chi connectivity index (χ4v) is 1.47. The second kappa shape index (κ2) is 9.62. The van der Waals surface area contributed by atoms with Crippen LogP contribution in [-0.2, 0) is 9.53 Å². The Balaban J connectivity index is 2.00. The van der Waals surface area contributed by atoms with Crippen molar-refractivity contribution >= 4 is 11.6 Å². The van der Waals surface area contributed by atoms with E-state index in [1.54, 1.807) is 0 Å². The van der Waals surface area contributed by atoms with Crippen LogP contribution in [0, 0.1) is 0 Å². The summed E-state index contributed by atoms with van der Waals surface area (Å²) in [5.74, 6) is -0.0179. The highest BCUT2D eigenvalue weighted by atomic mass is 16.5. The number of ether oxygens (including phenoxy) is 1. The SMILES string of the molecule is CCCOCCCNCC(=O)Nc1ccccc1. The minimum atomic E-state index is -0.0179. The third kappa shape index (κ3) is 7.04. The predicted molar refractivity (Wildman–Crippen MR) is 73.7 cm³/mol. The molecular weight excluding hydrogens is 228 g/mol. The molecule has 0 unspecified atom stereocenters. The molecule has 1 rings (SSSR count). The predicted octanol–water partition coefficient (Wildman–Crippen LogP) is 2.03. The molecule has 0 fully saturated rings. The van der Waals surface area contributed by atoms with Crippen molar-refractivity contribution in [2.75, 3.05) is 31.6 Å². The Hall–Kier alpha value is -1.39. The van der Waals surface area contributed by atoms with Crippen LogP contribution in [-0.4, -0.2) is 32.2 Å². The third-order valence-electron chi connectivity index (χ3n) is 2.33. The van der Waals surface area contributed by atoms with E-state index < -0.39 is 0 Å². The topological polar surface area (TPSA) is 50.4 Å². The average Bonchev–Trinajstić information content (AvgIpc) is 2.39. The number of rotatable bonds is 9. The Morgan fingerprint density at radius 3 is 2.72 bits per heavy atom. The van der Waals surface area contributed by atoms with Gasteiger partial charge in [-0.15, -0.1) is 0 Å². The van der Waals surface area contributed by atoms with Crippen molar-refractivity contribution in [1.82, 2.24) is 5.32 Å². The first-order valence-corrected chi connectivity index (χ1v) is 6.46. The van der Waals surface area contributed by atoms with E-state index in [2.05, 4.69) is 17.6 Å². The second-order valence-electron chi connectivity index (χ2n) is 4.06. The Bertz CT molecular complexity index is 328. The van der Waals surface area contributed by atoms with Gasteiger partial charge in [0.05, 0.1) is 6.54 Å². The summed E-state index contributed by atoms with van der Waals surface area (Å²) in [6.45, 7) is 4.79. The van der Waals surface area contributed by atoms with Gasteiger partial charge in [0.15, 0.2) is 0 Å². The summed E-state index contributed by atoms with van der Waals surface area (Å²) in [4.78, 5) is 11.5. The molecule has 0 atom stereocenters. The number of carbonyl (C=O) groups excluding carboxylic acids is 1. The van der Waals surface area contributed by atoms with Crippen molar-refractivity contribution in [3.63, 3.8) is 0 Å². The van der Waals surface area contributed by atoms with E-state index in [0.717, 1.165) is 38.3 Å². The highest BCUT2D eigenvalue weighted by Gasteiger charge is 2.00. The van der Waals surface area contributed by atoms with Gasteiger partial charge in [-0.25, -0.2) is 0 Å². The molecule has 1 aromatic rings. The molecule has 0 bridgehead atoms. The molecule has 0 saturated carbocycles.